The van der Waals surface area contributed by atoms with Gasteiger partial charge in [0.1, 0.15) is 0 Å². The van der Waals surface area contributed by atoms with Gasteiger partial charge >= 0.3 is 64.3 Å². The fourth-order valence-corrected chi connectivity index (χ4v) is 1.59. The summed E-state index contributed by atoms with van der Waals surface area (Å²) in [5.74, 6) is 0. The van der Waals surface area contributed by atoms with E-state index in [1.807, 2.05) is 0 Å². The molecular formula is C2Cl2F4Se. The molecule has 0 atom stereocenters. The van der Waals surface area contributed by atoms with E-state index in [1.165, 1.54) is 0 Å². The Morgan fingerprint density at radius 1 is 1.00 bits per heavy atom. The van der Waals surface area contributed by atoms with Crippen molar-refractivity contribution in [2.75, 3.05) is 0 Å². The Balaban J connectivity index is 3.75. The predicted molar refractivity (Wildman–Crippen MR) is 27.4 cm³/mol. The Hall–Kier alpha value is 0.819. The molecule has 0 rings (SSSR count). The molecule has 0 aromatic carbocycles. The monoisotopic (exact) mass is 250 g/mol. The summed E-state index contributed by atoms with van der Waals surface area (Å²) in [6.45, 7) is 0. The van der Waals surface area contributed by atoms with Crippen LogP contribution in [-0.4, -0.2) is 23.5 Å². The molecule has 0 amide bonds. The van der Waals surface area contributed by atoms with Crippen LogP contribution < -0.4 is 0 Å². The van der Waals surface area contributed by atoms with Crippen LogP contribution in [0.5, 0.6) is 0 Å². The maximum absolute atomic E-state index is 11.7. The minimum absolute atomic E-state index is 2.39. The van der Waals surface area contributed by atoms with E-state index in [1.54, 1.807) is 0 Å². The van der Waals surface area contributed by atoms with Crippen molar-refractivity contribution >= 4 is 38.2 Å². The van der Waals surface area contributed by atoms with Gasteiger partial charge in [0.2, 0.25) is 0 Å². The normalized spacial score (nSPS) is 14.0. The first-order chi connectivity index (χ1) is 3.71. The van der Waals surface area contributed by atoms with Crippen molar-refractivity contribution in [2.45, 2.75) is 8.56 Å². The molecule has 0 N–H and O–H groups in total. The second-order valence-corrected chi connectivity index (χ2v) is 5.82. The molecule has 0 aliphatic heterocycles. The van der Waals surface area contributed by atoms with E-state index in [2.05, 4.69) is 23.2 Å². The minimum atomic E-state index is -4.59. The van der Waals surface area contributed by atoms with Gasteiger partial charge in [0.25, 0.3) is 0 Å². The number of rotatable bonds is 1. The van der Waals surface area contributed by atoms with E-state index >= 15 is 0 Å². The fraction of sp³-hybridized carbons (Fsp3) is 1.00. The van der Waals surface area contributed by atoms with Crippen LogP contribution in [0.15, 0.2) is 0 Å². The Morgan fingerprint density at radius 2 is 1.33 bits per heavy atom. The molecule has 0 nitrogen and oxygen atoms in total. The van der Waals surface area contributed by atoms with Crippen LogP contribution in [0, 0.1) is 0 Å². The predicted octanol–water partition coefficient (Wildman–Crippen LogP) is 2.27. The first kappa shape index (κ1) is 9.82. The van der Waals surface area contributed by atoms with Crippen LogP contribution in [0.2, 0.25) is 0 Å². The molecule has 0 aromatic rings. The van der Waals surface area contributed by atoms with Crippen LogP contribution in [-0.2, 0) is 0 Å². The second-order valence-electron chi connectivity index (χ2n) is 0.994. The molecule has 0 spiro atoms. The van der Waals surface area contributed by atoms with Crippen LogP contribution in [0.25, 0.3) is 0 Å². The van der Waals surface area contributed by atoms with Gasteiger partial charge in [-0.25, -0.2) is 0 Å². The zero-order valence-electron chi connectivity index (χ0n) is 3.68. The van der Waals surface area contributed by atoms with Gasteiger partial charge in [0.15, 0.2) is 0 Å². The number of alkyl halides is 6. The third-order valence-corrected chi connectivity index (χ3v) is 2.00. The molecule has 0 radical (unpaired) electrons. The molecule has 0 saturated heterocycles. The summed E-state index contributed by atoms with van der Waals surface area (Å²) < 4.78 is 42.1. The maximum atomic E-state index is 11.7. The summed E-state index contributed by atoms with van der Waals surface area (Å²) in [5, 5.41) is -4.59. The Morgan fingerprint density at radius 3 is 1.33 bits per heavy atom. The van der Waals surface area contributed by atoms with E-state index in [0.29, 0.717) is 0 Å². The Kier molecular flexibility index (Phi) is 3.08. The topological polar surface area (TPSA) is 0 Å². The fourth-order valence-electron chi connectivity index (χ4n) is 0.131. The molecule has 56 valence electrons. The number of hydrogen-bond donors (Lipinski definition) is 0. The van der Waals surface area contributed by atoms with Gasteiger partial charge in [-0.3, -0.25) is 0 Å². The van der Waals surface area contributed by atoms with Crippen molar-refractivity contribution in [1.29, 1.82) is 0 Å². The first-order valence-electron chi connectivity index (χ1n) is 1.54. The summed E-state index contributed by atoms with van der Waals surface area (Å²) >= 11 is 6.46. The van der Waals surface area contributed by atoms with Gasteiger partial charge in [-0.15, -0.1) is 0 Å². The van der Waals surface area contributed by atoms with Gasteiger partial charge in [0.05, 0.1) is 0 Å². The molecule has 7 heteroatoms. The van der Waals surface area contributed by atoms with Gasteiger partial charge in [0, 0.05) is 0 Å². The van der Waals surface area contributed by atoms with Gasteiger partial charge in [-0.05, 0) is 0 Å². The molecule has 0 aliphatic carbocycles. The number of halogens is 6. The van der Waals surface area contributed by atoms with E-state index in [-0.39, 0.29) is 0 Å². The molecule has 9 heavy (non-hydrogen) atoms. The molecule has 0 heterocycles. The summed E-state index contributed by atoms with van der Waals surface area (Å²) in [6, 6.07) is 0. The van der Waals surface area contributed by atoms with Crippen LogP contribution in [0.3, 0.4) is 0 Å². The van der Waals surface area contributed by atoms with E-state index < -0.39 is 23.5 Å². The first-order valence-corrected chi connectivity index (χ1v) is 4.01. The zero-order valence-corrected chi connectivity index (χ0v) is 6.90. The SMILES string of the molecule is FC(F)(F)[Se]C(F)(Cl)Cl. The second kappa shape index (κ2) is 2.82. The molecule has 0 unspecified atom stereocenters. The Bertz CT molecular complexity index is 81.7. The summed E-state index contributed by atoms with van der Waals surface area (Å²) in [4.78, 5) is 0. The average molecular weight is 250 g/mol. The van der Waals surface area contributed by atoms with Crippen LogP contribution in [0.4, 0.5) is 17.6 Å². The molecule has 0 saturated carbocycles. The van der Waals surface area contributed by atoms with Crippen molar-refractivity contribution < 1.29 is 17.6 Å². The summed E-state index contributed by atoms with van der Waals surface area (Å²) in [7, 11) is 0. The van der Waals surface area contributed by atoms with Gasteiger partial charge in [-0.1, -0.05) is 0 Å². The van der Waals surface area contributed by atoms with Crippen molar-refractivity contribution in [3.63, 3.8) is 0 Å². The molecule has 0 fully saturated rings. The molecular weight excluding hydrogens is 250 g/mol. The molecule has 0 aliphatic rings. The van der Waals surface area contributed by atoms with E-state index in [9.17, 15) is 17.6 Å². The van der Waals surface area contributed by atoms with Gasteiger partial charge in [-0.2, -0.15) is 0 Å². The average Bonchev–Trinajstić information content (AvgIpc) is 1.14. The summed E-state index contributed by atoms with van der Waals surface area (Å²) in [5.41, 5.74) is 0. The zero-order chi connectivity index (χ0) is 7.71. The van der Waals surface area contributed by atoms with Crippen molar-refractivity contribution in [2.24, 2.45) is 0 Å². The van der Waals surface area contributed by atoms with Crippen molar-refractivity contribution in [3.05, 3.63) is 0 Å². The van der Waals surface area contributed by atoms with Gasteiger partial charge < -0.3 is 0 Å². The van der Waals surface area contributed by atoms with Crippen molar-refractivity contribution in [3.8, 4) is 0 Å². The summed E-state index contributed by atoms with van der Waals surface area (Å²) in [6.07, 6.45) is 0. The van der Waals surface area contributed by atoms with E-state index in [4.69, 9.17) is 0 Å². The standard InChI is InChI=1S/C2Cl2F4Se/c3-1(4,5)9-2(6,7)8. The Labute approximate surface area is 64.7 Å². The molecule has 0 aromatic heterocycles. The third kappa shape index (κ3) is 8.82. The number of hydrogen-bond acceptors (Lipinski definition) is 0. The van der Waals surface area contributed by atoms with Crippen LogP contribution >= 0.6 is 23.2 Å². The quantitative estimate of drug-likeness (QED) is 0.380. The van der Waals surface area contributed by atoms with E-state index in [0.717, 1.165) is 0 Å². The van der Waals surface area contributed by atoms with Crippen molar-refractivity contribution in [1.82, 2.24) is 0 Å². The van der Waals surface area contributed by atoms with Crippen LogP contribution in [0.1, 0.15) is 0 Å². The third-order valence-electron chi connectivity index (χ3n) is 0.231. The molecule has 0 bridgehead atoms.